The van der Waals surface area contributed by atoms with Gasteiger partial charge in [0, 0.05) is 18.0 Å². The summed E-state index contributed by atoms with van der Waals surface area (Å²) >= 11 is 0. The Labute approximate surface area is 140 Å². The normalized spacial score (nSPS) is 24.2. The minimum absolute atomic E-state index is 0.0231. The number of ether oxygens (including phenoxy) is 1. The van der Waals surface area contributed by atoms with Crippen LogP contribution in [-0.2, 0) is 4.74 Å². The maximum Gasteiger partial charge on any atom is 0.254 e. The van der Waals surface area contributed by atoms with Crippen LogP contribution in [0.3, 0.4) is 0 Å². The van der Waals surface area contributed by atoms with E-state index in [0.717, 1.165) is 24.2 Å². The van der Waals surface area contributed by atoms with E-state index in [1.165, 1.54) is 0 Å². The van der Waals surface area contributed by atoms with Gasteiger partial charge in [0.15, 0.2) is 5.82 Å². The predicted molar refractivity (Wildman–Crippen MR) is 86.6 cm³/mol. The molecule has 2 atom stereocenters. The number of rotatable bonds is 3. The van der Waals surface area contributed by atoms with E-state index in [0.29, 0.717) is 30.5 Å². The first-order chi connectivity index (χ1) is 11.6. The number of amides is 1. The zero-order chi connectivity index (χ0) is 16.7. The van der Waals surface area contributed by atoms with Crippen molar-refractivity contribution in [3.05, 3.63) is 47.1 Å². The first-order valence-corrected chi connectivity index (χ1v) is 8.46. The summed E-state index contributed by atoms with van der Waals surface area (Å²) in [5.41, 5.74) is 1.74. The van der Waals surface area contributed by atoms with E-state index >= 15 is 0 Å². The molecule has 2 aromatic rings. The molecule has 0 radical (unpaired) electrons. The van der Waals surface area contributed by atoms with E-state index in [-0.39, 0.29) is 18.1 Å². The van der Waals surface area contributed by atoms with Crippen molar-refractivity contribution >= 4 is 5.91 Å². The molecule has 0 N–H and O–H groups in total. The third-order valence-electron chi connectivity index (χ3n) is 4.67. The Morgan fingerprint density at radius 1 is 1.33 bits per heavy atom. The number of aromatic nitrogens is 2. The molecule has 1 aromatic heterocycles. The van der Waals surface area contributed by atoms with E-state index in [1.54, 1.807) is 4.90 Å². The fourth-order valence-corrected chi connectivity index (χ4v) is 3.20. The Kier molecular flexibility index (Phi) is 3.84. The number of morpholine rings is 1. The lowest BCUT2D eigenvalue weighted by Crippen LogP contribution is -2.47. The van der Waals surface area contributed by atoms with Crippen LogP contribution in [0.2, 0.25) is 0 Å². The quantitative estimate of drug-likeness (QED) is 0.867. The molecule has 6 heteroatoms. The topological polar surface area (TPSA) is 68.5 Å². The lowest BCUT2D eigenvalue weighted by atomic mass is 10.1. The molecule has 1 amide bonds. The van der Waals surface area contributed by atoms with Crippen molar-refractivity contribution < 1.29 is 14.1 Å². The van der Waals surface area contributed by atoms with Gasteiger partial charge in [-0.15, -0.1) is 0 Å². The van der Waals surface area contributed by atoms with Gasteiger partial charge < -0.3 is 14.2 Å². The minimum atomic E-state index is -0.341. The Morgan fingerprint density at radius 2 is 2.17 bits per heavy atom. The van der Waals surface area contributed by atoms with Gasteiger partial charge in [-0.05, 0) is 38.8 Å². The maximum absolute atomic E-state index is 13.0. The predicted octanol–water partition coefficient (Wildman–Crippen LogP) is 2.86. The summed E-state index contributed by atoms with van der Waals surface area (Å²) in [6, 6.07) is 7.29. The summed E-state index contributed by atoms with van der Waals surface area (Å²) < 4.78 is 11.2. The number of nitrogens with zero attached hydrogens (tertiary/aromatic N) is 3. The fraction of sp³-hybridized carbons (Fsp3) is 0.500. The Morgan fingerprint density at radius 3 is 2.92 bits per heavy atom. The number of aryl methyl sites for hydroxylation is 1. The molecule has 1 saturated carbocycles. The molecule has 24 heavy (non-hydrogen) atoms. The minimum Gasteiger partial charge on any atom is -0.374 e. The fourth-order valence-electron chi connectivity index (χ4n) is 3.20. The number of carbonyl (C=O) groups is 1. The molecule has 2 fully saturated rings. The van der Waals surface area contributed by atoms with Crippen LogP contribution in [0.5, 0.6) is 0 Å². The van der Waals surface area contributed by atoms with Crippen LogP contribution >= 0.6 is 0 Å². The maximum atomic E-state index is 13.0. The largest absolute Gasteiger partial charge is 0.374 e. The van der Waals surface area contributed by atoms with Crippen molar-refractivity contribution in [1.82, 2.24) is 15.0 Å². The Hall–Kier alpha value is -2.21. The highest BCUT2D eigenvalue weighted by Crippen LogP contribution is 2.39. The van der Waals surface area contributed by atoms with Gasteiger partial charge in [0.2, 0.25) is 0 Å². The summed E-state index contributed by atoms with van der Waals surface area (Å²) in [5.74, 6) is 1.63. The van der Waals surface area contributed by atoms with E-state index in [9.17, 15) is 4.79 Å². The number of hydrogen-bond donors (Lipinski definition) is 0. The van der Waals surface area contributed by atoms with Crippen LogP contribution in [0.1, 0.15) is 59.4 Å². The second-order valence-electron chi connectivity index (χ2n) is 6.65. The molecule has 1 aliphatic heterocycles. The van der Waals surface area contributed by atoms with Gasteiger partial charge in [0.1, 0.15) is 6.04 Å². The molecule has 1 aromatic carbocycles. The van der Waals surface area contributed by atoms with Crippen molar-refractivity contribution in [2.75, 3.05) is 13.2 Å². The molecule has 126 valence electrons. The molecule has 6 nitrogen and oxygen atoms in total. The van der Waals surface area contributed by atoms with Crippen molar-refractivity contribution in [3.63, 3.8) is 0 Å². The average Bonchev–Trinajstić information content (AvgIpc) is 3.32. The first-order valence-electron chi connectivity index (χ1n) is 8.46. The standard InChI is InChI=1S/C18H21N3O3/c1-11-4-3-5-14(10-11)18(22)21-8-9-23-12(2)15(21)17-19-16(20-24-17)13-6-7-13/h3-5,10,12-13,15H,6-9H2,1-2H3/t12-,15+/m1/s1. The molecular weight excluding hydrogens is 306 g/mol. The second kappa shape index (κ2) is 6.02. The van der Waals surface area contributed by atoms with Gasteiger partial charge in [-0.1, -0.05) is 22.9 Å². The zero-order valence-electron chi connectivity index (χ0n) is 13.9. The van der Waals surface area contributed by atoms with Gasteiger partial charge in [0.05, 0.1) is 12.7 Å². The van der Waals surface area contributed by atoms with Crippen molar-refractivity contribution in [1.29, 1.82) is 0 Å². The molecule has 4 rings (SSSR count). The average molecular weight is 327 g/mol. The molecule has 2 heterocycles. The van der Waals surface area contributed by atoms with Gasteiger partial charge >= 0.3 is 0 Å². The van der Waals surface area contributed by atoms with Crippen LogP contribution in [0, 0.1) is 6.92 Å². The van der Waals surface area contributed by atoms with Crippen molar-refractivity contribution in [2.45, 2.75) is 44.8 Å². The molecular formula is C18H21N3O3. The van der Waals surface area contributed by atoms with Crippen molar-refractivity contribution in [2.24, 2.45) is 0 Å². The summed E-state index contributed by atoms with van der Waals surface area (Å²) in [6.45, 7) is 4.96. The van der Waals surface area contributed by atoms with E-state index in [4.69, 9.17) is 9.26 Å². The summed E-state index contributed by atoms with van der Waals surface area (Å²) in [4.78, 5) is 19.4. The molecule has 0 bridgehead atoms. The van der Waals surface area contributed by atoms with Gasteiger partial charge in [0.25, 0.3) is 11.8 Å². The van der Waals surface area contributed by atoms with Crippen LogP contribution in [-0.4, -0.2) is 40.2 Å². The Balaban J connectivity index is 1.64. The third kappa shape index (κ3) is 2.82. The van der Waals surface area contributed by atoms with E-state index in [1.807, 2.05) is 38.1 Å². The summed E-state index contributed by atoms with van der Waals surface area (Å²) in [5, 5.41) is 4.09. The van der Waals surface area contributed by atoms with E-state index < -0.39 is 0 Å². The van der Waals surface area contributed by atoms with Crippen molar-refractivity contribution in [3.8, 4) is 0 Å². The van der Waals surface area contributed by atoms with Crippen LogP contribution < -0.4 is 0 Å². The van der Waals surface area contributed by atoms with Crippen LogP contribution in [0.15, 0.2) is 28.8 Å². The zero-order valence-corrected chi connectivity index (χ0v) is 13.9. The molecule has 1 aliphatic carbocycles. The molecule has 2 aliphatic rings. The lowest BCUT2D eigenvalue weighted by Gasteiger charge is -2.37. The molecule has 0 unspecified atom stereocenters. The van der Waals surface area contributed by atoms with Gasteiger partial charge in [-0.2, -0.15) is 4.98 Å². The number of carbonyl (C=O) groups excluding carboxylic acids is 1. The van der Waals surface area contributed by atoms with Gasteiger partial charge in [-0.3, -0.25) is 4.79 Å². The number of hydrogen-bond acceptors (Lipinski definition) is 5. The Bertz CT molecular complexity index is 753. The molecule has 0 spiro atoms. The summed E-state index contributed by atoms with van der Waals surface area (Å²) in [7, 11) is 0. The highest BCUT2D eigenvalue weighted by Gasteiger charge is 2.39. The lowest BCUT2D eigenvalue weighted by molar-refractivity contribution is -0.0600. The van der Waals surface area contributed by atoms with Crippen LogP contribution in [0.25, 0.3) is 0 Å². The first kappa shape index (κ1) is 15.3. The highest BCUT2D eigenvalue weighted by atomic mass is 16.5. The monoisotopic (exact) mass is 327 g/mol. The second-order valence-corrected chi connectivity index (χ2v) is 6.65. The van der Waals surface area contributed by atoms with E-state index in [2.05, 4.69) is 10.1 Å². The third-order valence-corrected chi connectivity index (χ3v) is 4.67. The highest BCUT2D eigenvalue weighted by molar-refractivity contribution is 5.94. The van der Waals surface area contributed by atoms with Crippen LogP contribution in [0.4, 0.5) is 0 Å². The SMILES string of the molecule is Cc1cccc(C(=O)N2CCO[C@H](C)[C@H]2c2nc(C3CC3)no2)c1. The number of benzene rings is 1. The summed E-state index contributed by atoms with van der Waals surface area (Å²) in [6.07, 6.45) is 2.04. The smallest absolute Gasteiger partial charge is 0.254 e. The molecule has 1 saturated heterocycles. The van der Waals surface area contributed by atoms with Gasteiger partial charge in [-0.25, -0.2) is 0 Å².